The molecule has 2 aromatic carbocycles. The minimum atomic E-state index is -1.41. The molecule has 24 heavy (non-hydrogen) atoms. The summed E-state index contributed by atoms with van der Waals surface area (Å²) >= 11 is 0. The van der Waals surface area contributed by atoms with Crippen molar-refractivity contribution < 1.29 is 13.4 Å². The van der Waals surface area contributed by atoms with Gasteiger partial charge >= 0.3 is 0 Å². The molecule has 1 heterocycles. The first-order valence-electron chi connectivity index (χ1n) is 7.33. The summed E-state index contributed by atoms with van der Waals surface area (Å²) in [6.45, 7) is 1.75. The van der Waals surface area contributed by atoms with E-state index < -0.39 is 22.7 Å². The fraction of sp³-hybridized carbons (Fsp3) is 0.176. The Kier molecular flexibility index (Phi) is 4.44. The Balaban J connectivity index is 1.82. The van der Waals surface area contributed by atoms with Gasteiger partial charge in [-0.15, -0.1) is 0 Å². The van der Waals surface area contributed by atoms with E-state index >= 15 is 0 Å². The summed E-state index contributed by atoms with van der Waals surface area (Å²) in [5.74, 6) is -0.891. The van der Waals surface area contributed by atoms with Crippen LogP contribution in [0.2, 0.25) is 0 Å². The number of carbonyl (C=O) groups is 1. The van der Waals surface area contributed by atoms with Gasteiger partial charge in [-0.3, -0.25) is 9.00 Å². The summed E-state index contributed by atoms with van der Waals surface area (Å²) in [5.41, 5.74) is 1.98. The van der Waals surface area contributed by atoms with Crippen LogP contribution in [0.3, 0.4) is 0 Å². The number of para-hydroxylation sites is 2. The predicted molar refractivity (Wildman–Crippen MR) is 91.8 cm³/mol. The number of hydrogen-bond acceptors (Lipinski definition) is 3. The average molecular weight is 345 g/mol. The quantitative estimate of drug-likeness (QED) is 0.790. The van der Waals surface area contributed by atoms with Gasteiger partial charge in [0.15, 0.2) is 0 Å². The number of nitrogens with one attached hydrogen (secondary N) is 1. The van der Waals surface area contributed by atoms with Gasteiger partial charge < -0.3 is 9.88 Å². The van der Waals surface area contributed by atoms with E-state index in [1.54, 1.807) is 17.8 Å². The van der Waals surface area contributed by atoms with Crippen LogP contribution in [0, 0.1) is 5.82 Å². The molecule has 124 valence electrons. The minimum Gasteiger partial charge on any atom is -0.324 e. The Labute approximate surface area is 141 Å². The monoisotopic (exact) mass is 345 g/mol. The van der Waals surface area contributed by atoms with Crippen LogP contribution in [0.25, 0.3) is 11.0 Å². The van der Waals surface area contributed by atoms with Crippen molar-refractivity contribution in [3.05, 3.63) is 54.6 Å². The van der Waals surface area contributed by atoms with Gasteiger partial charge in [0, 0.05) is 11.9 Å². The third-order valence-electron chi connectivity index (χ3n) is 3.79. The molecule has 2 atom stereocenters. The number of fused-ring (bicyclic) bond motifs is 1. The first-order chi connectivity index (χ1) is 11.5. The largest absolute Gasteiger partial charge is 0.324 e. The topological polar surface area (TPSA) is 64.0 Å². The molecule has 0 aliphatic rings. The molecule has 1 N–H and O–H groups in total. The molecule has 5 nitrogen and oxygen atoms in total. The van der Waals surface area contributed by atoms with Gasteiger partial charge in [-0.25, -0.2) is 9.37 Å². The standard InChI is InChI=1S/C17H16FN3O2S/c1-11(21-10-19-14-5-3-4-6-15(14)21)17(22)20-12-7-8-16(24(2)23)13(18)9-12/h3-11H,1-2H3,(H,20,22)/t11-,24+/m0/s1. The molecular weight excluding hydrogens is 329 g/mol. The fourth-order valence-electron chi connectivity index (χ4n) is 2.47. The van der Waals surface area contributed by atoms with E-state index in [1.165, 1.54) is 24.5 Å². The lowest BCUT2D eigenvalue weighted by Gasteiger charge is -2.15. The highest BCUT2D eigenvalue weighted by molar-refractivity contribution is 7.84. The van der Waals surface area contributed by atoms with Gasteiger partial charge in [-0.1, -0.05) is 12.1 Å². The molecule has 1 aromatic heterocycles. The number of nitrogens with zero attached hydrogens (tertiary/aromatic N) is 2. The van der Waals surface area contributed by atoms with Crippen molar-refractivity contribution in [3.63, 3.8) is 0 Å². The second kappa shape index (κ2) is 6.52. The summed E-state index contributed by atoms with van der Waals surface area (Å²) in [6.07, 6.45) is 3.02. The van der Waals surface area contributed by atoms with Crippen LogP contribution >= 0.6 is 0 Å². The molecule has 0 aliphatic heterocycles. The Bertz CT molecular complexity index is 938. The maximum Gasteiger partial charge on any atom is 0.247 e. The lowest BCUT2D eigenvalue weighted by atomic mass is 10.2. The zero-order valence-electron chi connectivity index (χ0n) is 13.2. The number of hydrogen-bond donors (Lipinski definition) is 1. The Morgan fingerprint density at radius 1 is 1.29 bits per heavy atom. The van der Waals surface area contributed by atoms with Gasteiger partial charge in [0.2, 0.25) is 5.91 Å². The van der Waals surface area contributed by atoms with Crippen LogP contribution in [-0.2, 0) is 15.6 Å². The van der Waals surface area contributed by atoms with Crippen LogP contribution in [0.1, 0.15) is 13.0 Å². The lowest BCUT2D eigenvalue weighted by molar-refractivity contribution is -0.118. The molecule has 3 rings (SSSR count). The van der Waals surface area contributed by atoms with Crippen molar-refractivity contribution in [1.82, 2.24) is 9.55 Å². The van der Waals surface area contributed by atoms with Crippen molar-refractivity contribution in [3.8, 4) is 0 Å². The highest BCUT2D eigenvalue weighted by atomic mass is 32.2. The molecule has 3 aromatic rings. The molecule has 0 radical (unpaired) electrons. The summed E-state index contributed by atoms with van der Waals surface area (Å²) < 4.78 is 27.0. The van der Waals surface area contributed by atoms with E-state index in [0.717, 1.165) is 11.0 Å². The maximum absolute atomic E-state index is 13.9. The minimum absolute atomic E-state index is 0.113. The number of benzene rings is 2. The first-order valence-corrected chi connectivity index (χ1v) is 8.88. The number of imidazole rings is 1. The highest BCUT2D eigenvalue weighted by Crippen LogP contribution is 2.21. The van der Waals surface area contributed by atoms with Crippen LogP contribution in [0.15, 0.2) is 53.7 Å². The third kappa shape index (κ3) is 3.07. The number of carbonyl (C=O) groups excluding carboxylic acids is 1. The molecule has 0 aliphatic carbocycles. The molecule has 7 heteroatoms. The molecule has 0 unspecified atom stereocenters. The SMILES string of the molecule is C[C@@H](C(=O)Nc1ccc([S@@](C)=O)c(F)c1)n1cnc2ccccc21. The molecular formula is C17H16FN3O2S. The molecule has 0 saturated heterocycles. The van der Waals surface area contributed by atoms with Gasteiger partial charge in [-0.05, 0) is 37.3 Å². The van der Waals surface area contributed by atoms with Crippen LogP contribution < -0.4 is 5.32 Å². The van der Waals surface area contributed by atoms with Gasteiger partial charge in [0.05, 0.1) is 33.1 Å². The van der Waals surface area contributed by atoms with Crippen LogP contribution in [0.4, 0.5) is 10.1 Å². The number of anilines is 1. The van der Waals surface area contributed by atoms with E-state index in [9.17, 15) is 13.4 Å². The third-order valence-corrected chi connectivity index (χ3v) is 4.74. The summed E-state index contributed by atoms with van der Waals surface area (Å²) in [7, 11) is -1.41. The Hall–Kier alpha value is -2.54. The maximum atomic E-state index is 13.9. The van der Waals surface area contributed by atoms with Crippen molar-refractivity contribution >= 4 is 33.4 Å². The van der Waals surface area contributed by atoms with E-state index in [2.05, 4.69) is 10.3 Å². The second-order valence-electron chi connectivity index (χ2n) is 5.41. The number of amides is 1. The van der Waals surface area contributed by atoms with E-state index in [-0.39, 0.29) is 10.8 Å². The number of rotatable bonds is 4. The highest BCUT2D eigenvalue weighted by Gasteiger charge is 2.18. The molecule has 0 fully saturated rings. The van der Waals surface area contributed by atoms with Gasteiger partial charge in [0.25, 0.3) is 0 Å². The number of aromatic nitrogens is 2. The molecule has 1 amide bonds. The van der Waals surface area contributed by atoms with E-state index in [1.807, 2.05) is 24.3 Å². The first kappa shape index (κ1) is 16.3. The summed E-state index contributed by atoms with van der Waals surface area (Å²) in [5, 5.41) is 2.68. The zero-order valence-corrected chi connectivity index (χ0v) is 14.0. The van der Waals surface area contributed by atoms with Gasteiger partial charge in [0.1, 0.15) is 11.9 Å². The van der Waals surface area contributed by atoms with Crippen molar-refractivity contribution in [2.75, 3.05) is 11.6 Å². The van der Waals surface area contributed by atoms with Crippen molar-refractivity contribution in [2.24, 2.45) is 0 Å². The van der Waals surface area contributed by atoms with Crippen molar-refractivity contribution in [1.29, 1.82) is 0 Å². The van der Waals surface area contributed by atoms with Gasteiger partial charge in [-0.2, -0.15) is 0 Å². The molecule has 0 bridgehead atoms. The fourth-order valence-corrected chi connectivity index (χ4v) is 3.06. The van der Waals surface area contributed by atoms with E-state index in [4.69, 9.17) is 0 Å². The second-order valence-corrected chi connectivity index (χ2v) is 6.75. The Morgan fingerprint density at radius 2 is 2.04 bits per heavy atom. The smallest absolute Gasteiger partial charge is 0.247 e. The van der Waals surface area contributed by atoms with Crippen LogP contribution in [-0.4, -0.2) is 25.9 Å². The van der Waals surface area contributed by atoms with E-state index in [0.29, 0.717) is 5.69 Å². The predicted octanol–water partition coefficient (Wildman–Crippen LogP) is 3.11. The average Bonchev–Trinajstić information content (AvgIpc) is 2.97. The molecule has 0 saturated carbocycles. The normalized spacial score (nSPS) is 13.6. The summed E-state index contributed by atoms with van der Waals surface area (Å²) in [6, 6.07) is 11.1. The number of halogens is 1. The Morgan fingerprint density at radius 3 is 2.75 bits per heavy atom. The molecule has 0 spiro atoms. The lowest BCUT2D eigenvalue weighted by Crippen LogP contribution is -2.23. The summed E-state index contributed by atoms with van der Waals surface area (Å²) in [4.78, 5) is 16.8. The zero-order chi connectivity index (χ0) is 17.3. The van der Waals surface area contributed by atoms with Crippen molar-refractivity contribution in [2.45, 2.75) is 17.9 Å². The van der Waals surface area contributed by atoms with Crippen LogP contribution in [0.5, 0.6) is 0 Å².